The maximum atomic E-state index is 11.1. The van der Waals surface area contributed by atoms with Gasteiger partial charge in [-0.25, -0.2) is 0 Å². The maximum Gasteiger partial charge on any atom is 0.310 e. The lowest BCUT2D eigenvalue weighted by atomic mass is 10.2. The zero-order chi connectivity index (χ0) is 12.0. The van der Waals surface area contributed by atoms with Crippen LogP contribution in [0.25, 0.3) is 0 Å². The van der Waals surface area contributed by atoms with Gasteiger partial charge < -0.3 is 15.8 Å². The molecule has 1 fully saturated rings. The SMILES string of the molecule is COC(=O)C(C)CN=C(N)NC1CCCC1. The minimum atomic E-state index is -0.252. The standard InChI is InChI=1S/C11H21N3O2/c1-8(10(15)16-2)7-13-11(12)14-9-5-3-4-6-9/h8-9H,3-7H2,1-2H3,(H3,12,13,14). The van der Waals surface area contributed by atoms with Gasteiger partial charge in [0.15, 0.2) is 5.96 Å². The predicted octanol–water partition coefficient (Wildman–Crippen LogP) is 0.642. The number of guanidine groups is 1. The molecule has 1 aliphatic carbocycles. The first kappa shape index (κ1) is 12.8. The van der Waals surface area contributed by atoms with Crippen molar-refractivity contribution < 1.29 is 9.53 Å². The van der Waals surface area contributed by atoms with Crippen LogP contribution in [-0.4, -0.2) is 31.6 Å². The molecule has 0 saturated heterocycles. The van der Waals surface area contributed by atoms with E-state index in [1.807, 2.05) is 0 Å². The molecule has 3 N–H and O–H groups in total. The number of hydrogen-bond acceptors (Lipinski definition) is 3. The van der Waals surface area contributed by atoms with E-state index < -0.39 is 0 Å². The van der Waals surface area contributed by atoms with Crippen molar-refractivity contribution in [3.8, 4) is 0 Å². The smallest absolute Gasteiger partial charge is 0.310 e. The predicted molar refractivity (Wildman–Crippen MR) is 63.1 cm³/mol. The number of esters is 1. The summed E-state index contributed by atoms with van der Waals surface area (Å²) < 4.78 is 4.61. The van der Waals surface area contributed by atoms with Crippen molar-refractivity contribution in [2.75, 3.05) is 13.7 Å². The van der Waals surface area contributed by atoms with Crippen LogP contribution in [-0.2, 0) is 9.53 Å². The van der Waals surface area contributed by atoms with E-state index in [1.165, 1.54) is 20.0 Å². The second-order valence-electron chi connectivity index (χ2n) is 4.28. The van der Waals surface area contributed by atoms with Crippen LogP contribution in [0.1, 0.15) is 32.6 Å². The Kier molecular flexibility index (Phi) is 5.08. The van der Waals surface area contributed by atoms with E-state index >= 15 is 0 Å². The molecule has 0 aromatic heterocycles. The quantitative estimate of drug-likeness (QED) is 0.420. The van der Waals surface area contributed by atoms with Crippen molar-refractivity contribution in [2.24, 2.45) is 16.6 Å². The Morgan fingerprint density at radius 1 is 1.56 bits per heavy atom. The van der Waals surface area contributed by atoms with Gasteiger partial charge in [-0.15, -0.1) is 0 Å². The van der Waals surface area contributed by atoms with E-state index in [2.05, 4.69) is 15.0 Å². The molecule has 1 atom stereocenters. The van der Waals surface area contributed by atoms with Crippen molar-refractivity contribution in [1.82, 2.24) is 5.32 Å². The lowest BCUT2D eigenvalue weighted by Gasteiger charge is -2.13. The van der Waals surface area contributed by atoms with Gasteiger partial charge in [-0.1, -0.05) is 19.8 Å². The fraction of sp³-hybridized carbons (Fsp3) is 0.818. The van der Waals surface area contributed by atoms with Crippen LogP contribution in [0, 0.1) is 5.92 Å². The Morgan fingerprint density at radius 2 is 2.19 bits per heavy atom. The first-order valence-corrected chi connectivity index (χ1v) is 5.77. The number of carbonyl (C=O) groups is 1. The molecule has 0 aliphatic heterocycles. The summed E-state index contributed by atoms with van der Waals surface area (Å²) in [5.74, 6) is -0.0611. The molecule has 92 valence electrons. The highest BCUT2D eigenvalue weighted by atomic mass is 16.5. The van der Waals surface area contributed by atoms with E-state index in [-0.39, 0.29) is 11.9 Å². The van der Waals surface area contributed by atoms with Crippen LogP contribution >= 0.6 is 0 Å². The van der Waals surface area contributed by atoms with Crippen LogP contribution in [0.15, 0.2) is 4.99 Å². The summed E-state index contributed by atoms with van der Waals surface area (Å²) >= 11 is 0. The molecule has 1 rings (SSSR count). The van der Waals surface area contributed by atoms with Crippen molar-refractivity contribution in [1.29, 1.82) is 0 Å². The monoisotopic (exact) mass is 227 g/mol. The highest BCUT2D eigenvalue weighted by Gasteiger charge is 2.16. The summed E-state index contributed by atoms with van der Waals surface area (Å²) in [6.07, 6.45) is 4.82. The van der Waals surface area contributed by atoms with Gasteiger partial charge in [-0.2, -0.15) is 0 Å². The van der Waals surface area contributed by atoms with Crippen LogP contribution in [0.5, 0.6) is 0 Å². The van der Waals surface area contributed by atoms with Crippen molar-refractivity contribution >= 4 is 11.9 Å². The first-order valence-electron chi connectivity index (χ1n) is 5.77. The normalized spacial score (nSPS) is 19.5. The van der Waals surface area contributed by atoms with Crippen LogP contribution in [0.4, 0.5) is 0 Å². The Balaban J connectivity index is 2.29. The summed E-state index contributed by atoms with van der Waals surface area (Å²) in [6, 6.07) is 0.456. The van der Waals surface area contributed by atoms with E-state index in [0.29, 0.717) is 18.5 Å². The molecule has 0 bridgehead atoms. The minimum absolute atomic E-state index is 0.242. The minimum Gasteiger partial charge on any atom is -0.469 e. The molecule has 1 aliphatic rings. The molecule has 0 heterocycles. The Labute approximate surface area is 96.4 Å². The average Bonchev–Trinajstić information content (AvgIpc) is 2.77. The third-order valence-electron chi connectivity index (χ3n) is 2.85. The highest BCUT2D eigenvalue weighted by molar-refractivity contribution is 5.79. The average molecular weight is 227 g/mol. The second kappa shape index (κ2) is 6.35. The van der Waals surface area contributed by atoms with E-state index in [4.69, 9.17) is 5.73 Å². The number of hydrogen-bond donors (Lipinski definition) is 2. The number of ether oxygens (including phenoxy) is 1. The zero-order valence-electron chi connectivity index (χ0n) is 10.0. The molecular formula is C11H21N3O2. The fourth-order valence-corrected chi connectivity index (χ4v) is 1.84. The van der Waals surface area contributed by atoms with Crippen molar-refractivity contribution in [2.45, 2.75) is 38.6 Å². The highest BCUT2D eigenvalue weighted by Crippen LogP contribution is 2.17. The summed E-state index contributed by atoms with van der Waals surface area (Å²) in [6.45, 7) is 2.15. The Bertz CT molecular complexity index is 260. The summed E-state index contributed by atoms with van der Waals surface area (Å²) in [4.78, 5) is 15.3. The number of carbonyl (C=O) groups excluding carboxylic acids is 1. The van der Waals surface area contributed by atoms with Gasteiger partial charge in [0.05, 0.1) is 19.6 Å². The van der Waals surface area contributed by atoms with Gasteiger partial charge in [0.25, 0.3) is 0 Å². The number of nitrogens with zero attached hydrogens (tertiary/aromatic N) is 1. The first-order chi connectivity index (χ1) is 7.63. The largest absolute Gasteiger partial charge is 0.469 e. The number of methoxy groups -OCH3 is 1. The van der Waals surface area contributed by atoms with Crippen molar-refractivity contribution in [3.05, 3.63) is 0 Å². The molecule has 5 nitrogen and oxygen atoms in total. The van der Waals surface area contributed by atoms with Gasteiger partial charge in [0.1, 0.15) is 0 Å². The number of aliphatic imine (C=N–C) groups is 1. The third kappa shape index (κ3) is 4.08. The molecule has 5 heteroatoms. The Morgan fingerprint density at radius 3 is 2.75 bits per heavy atom. The number of rotatable bonds is 4. The molecule has 0 aromatic carbocycles. The second-order valence-corrected chi connectivity index (χ2v) is 4.28. The molecule has 0 radical (unpaired) electrons. The molecular weight excluding hydrogens is 206 g/mol. The van der Waals surface area contributed by atoms with Crippen LogP contribution < -0.4 is 11.1 Å². The van der Waals surface area contributed by atoms with Crippen molar-refractivity contribution in [3.63, 3.8) is 0 Å². The summed E-state index contributed by atoms with van der Waals surface area (Å²) in [7, 11) is 1.38. The molecule has 16 heavy (non-hydrogen) atoms. The summed E-state index contributed by atoms with van der Waals surface area (Å²) in [5.41, 5.74) is 5.73. The topological polar surface area (TPSA) is 76.7 Å². The van der Waals surface area contributed by atoms with Gasteiger partial charge in [0.2, 0.25) is 0 Å². The lowest BCUT2D eigenvalue weighted by Crippen LogP contribution is -2.39. The van der Waals surface area contributed by atoms with Crippen LogP contribution in [0.2, 0.25) is 0 Å². The van der Waals surface area contributed by atoms with Gasteiger partial charge in [0, 0.05) is 6.04 Å². The van der Waals surface area contributed by atoms with E-state index in [0.717, 1.165) is 12.8 Å². The van der Waals surface area contributed by atoms with E-state index in [1.54, 1.807) is 6.92 Å². The molecule has 0 aromatic rings. The fourth-order valence-electron chi connectivity index (χ4n) is 1.84. The Hall–Kier alpha value is -1.26. The molecule has 1 saturated carbocycles. The van der Waals surface area contributed by atoms with Gasteiger partial charge >= 0.3 is 5.97 Å². The molecule has 0 amide bonds. The molecule has 1 unspecified atom stereocenters. The third-order valence-corrected chi connectivity index (χ3v) is 2.85. The summed E-state index contributed by atoms with van der Waals surface area (Å²) in [5, 5.41) is 3.17. The number of nitrogens with one attached hydrogen (secondary N) is 1. The maximum absolute atomic E-state index is 11.1. The van der Waals surface area contributed by atoms with E-state index in [9.17, 15) is 4.79 Å². The van der Waals surface area contributed by atoms with Gasteiger partial charge in [-0.05, 0) is 12.8 Å². The van der Waals surface area contributed by atoms with Gasteiger partial charge in [-0.3, -0.25) is 9.79 Å². The van der Waals surface area contributed by atoms with Crippen LogP contribution in [0.3, 0.4) is 0 Å². The lowest BCUT2D eigenvalue weighted by molar-refractivity contribution is -0.144. The zero-order valence-corrected chi connectivity index (χ0v) is 10.0. The number of nitrogens with two attached hydrogens (primary N) is 1. The molecule has 0 spiro atoms.